The number of anilines is 2. The predicted molar refractivity (Wildman–Crippen MR) is 111 cm³/mol. The first kappa shape index (κ1) is 25.1. The molecular weight excluding hydrogens is 428 g/mol. The second kappa shape index (κ2) is 10.1. The van der Waals surface area contributed by atoms with Gasteiger partial charge in [0.25, 0.3) is 0 Å². The molecule has 2 fully saturated rings. The zero-order chi connectivity index (χ0) is 23.7. The summed E-state index contributed by atoms with van der Waals surface area (Å²) >= 11 is 0. The summed E-state index contributed by atoms with van der Waals surface area (Å²) in [6.07, 6.45) is -13.7. The van der Waals surface area contributed by atoms with Gasteiger partial charge < -0.3 is 61.0 Å². The van der Waals surface area contributed by atoms with Gasteiger partial charge in [0.05, 0.1) is 24.6 Å². The first-order valence-electron chi connectivity index (χ1n) is 10.3. The minimum absolute atomic E-state index is 0.370. The Labute approximate surface area is 184 Å². The molecule has 2 saturated heterocycles. The molecule has 10 N–H and O–H groups in total. The molecule has 0 aliphatic carbocycles. The van der Waals surface area contributed by atoms with E-state index in [1.807, 2.05) is 13.8 Å². The Morgan fingerprint density at radius 3 is 1.28 bits per heavy atom. The molecule has 3 rings (SSSR count). The number of rotatable bonds is 6. The summed E-state index contributed by atoms with van der Waals surface area (Å²) in [4.78, 5) is 0. The van der Waals surface area contributed by atoms with Gasteiger partial charge in [0.1, 0.15) is 48.8 Å². The van der Waals surface area contributed by atoms with E-state index in [0.29, 0.717) is 11.4 Å². The van der Waals surface area contributed by atoms with Crippen molar-refractivity contribution in [2.75, 3.05) is 23.8 Å². The maximum absolute atomic E-state index is 10.3. The molecule has 10 atom stereocenters. The molecule has 2 aliphatic heterocycles. The third-order valence-electron chi connectivity index (χ3n) is 6.01. The van der Waals surface area contributed by atoms with Crippen LogP contribution in [0.5, 0.6) is 0 Å². The van der Waals surface area contributed by atoms with Gasteiger partial charge in [0.2, 0.25) is 0 Å². The highest BCUT2D eigenvalue weighted by atomic mass is 16.6. The van der Waals surface area contributed by atoms with E-state index < -0.39 is 74.5 Å². The van der Waals surface area contributed by atoms with Crippen molar-refractivity contribution in [3.05, 3.63) is 23.3 Å². The molecule has 32 heavy (non-hydrogen) atoms. The summed E-state index contributed by atoms with van der Waals surface area (Å²) in [6.45, 7) is 2.52. The van der Waals surface area contributed by atoms with Crippen LogP contribution in [-0.4, -0.2) is 115 Å². The van der Waals surface area contributed by atoms with E-state index >= 15 is 0 Å². The van der Waals surface area contributed by atoms with Gasteiger partial charge in [0, 0.05) is 0 Å². The summed E-state index contributed by atoms with van der Waals surface area (Å²) < 4.78 is 11.0. The summed E-state index contributed by atoms with van der Waals surface area (Å²) in [5.74, 6) is 0. The fourth-order valence-electron chi connectivity index (χ4n) is 3.80. The zero-order valence-corrected chi connectivity index (χ0v) is 17.7. The van der Waals surface area contributed by atoms with Crippen molar-refractivity contribution < 1.29 is 50.3 Å². The molecule has 2 aliphatic rings. The Morgan fingerprint density at radius 1 is 0.625 bits per heavy atom. The number of hydrogen-bond acceptors (Lipinski definition) is 12. The van der Waals surface area contributed by atoms with Crippen LogP contribution in [0.4, 0.5) is 11.4 Å². The third kappa shape index (κ3) is 4.84. The highest BCUT2D eigenvalue weighted by Crippen LogP contribution is 2.32. The van der Waals surface area contributed by atoms with Gasteiger partial charge in [-0.2, -0.15) is 0 Å². The third-order valence-corrected chi connectivity index (χ3v) is 6.01. The van der Waals surface area contributed by atoms with Crippen molar-refractivity contribution in [2.45, 2.75) is 75.1 Å². The smallest absolute Gasteiger partial charge is 0.157 e. The molecule has 2 heterocycles. The average Bonchev–Trinajstić information content (AvgIpc) is 2.77. The predicted octanol–water partition coefficient (Wildman–Crippen LogP) is -3.27. The van der Waals surface area contributed by atoms with Crippen molar-refractivity contribution in [1.82, 2.24) is 0 Å². The summed E-state index contributed by atoms with van der Waals surface area (Å²) in [6, 6.07) is 3.42. The zero-order valence-electron chi connectivity index (χ0n) is 17.7. The van der Waals surface area contributed by atoms with Gasteiger partial charge in [0.15, 0.2) is 12.5 Å². The van der Waals surface area contributed by atoms with Crippen LogP contribution in [0.1, 0.15) is 11.1 Å². The van der Waals surface area contributed by atoms with E-state index in [9.17, 15) is 40.9 Å². The summed E-state index contributed by atoms with van der Waals surface area (Å²) in [7, 11) is 0. The van der Waals surface area contributed by atoms with Crippen LogP contribution in [-0.2, 0) is 9.47 Å². The molecular formula is C20H32N2O10. The van der Waals surface area contributed by atoms with Gasteiger partial charge in [-0.15, -0.1) is 0 Å². The fourth-order valence-corrected chi connectivity index (χ4v) is 3.80. The number of aryl methyl sites for hydroxylation is 2. The molecule has 0 unspecified atom stereocenters. The molecule has 0 saturated carbocycles. The molecule has 0 spiro atoms. The summed E-state index contributed by atoms with van der Waals surface area (Å²) in [5.41, 5.74) is 2.46. The maximum Gasteiger partial charge on any atom is 0.157 e. The van der Waals surface area contributed by atoms with Crippen LogP contribution in [0.25, 0.3) is 0 Å². The van der Waals surface area contributed by atoms with Crippen LogP contribution in [0, 0.1) is 13.8 Å². The maximum atomic E-state index is 10.3. The van der Waals surface area contributed by atoms with Gasteiger partial charge in [-0.05, 0) is 37.1 Å². The van der Waals surface area contributed by atoms with Gasteiger partial charge in [-0.3, -0.25) is 0 Å². The fraction of sp³-hybridized carbons (Fsp3) is 0.700. The second-order valence-corrected chi connectivity index (χ2v) is 8.27. The van der Waals surface area contributed by atoms with Crippen LogP contribution in [0.15, 0.2) is 12.1 Å². The molecule has 12 heteroatoms. The number of aliphatic hydroxyl groups is 8. The number of nitrogens with one attached hydrogen (secondary N) is 2. The molecule has 0 radical (unpaired) electrons. The van der Waals surface area contributed by atoms with Crippen molar-refractivity contribution in [2.24, 2.45) is 0 Å². The van der Waals surface area contributed by atoms with Gasteiger partial charge in [-0.1, -0.05) is 0 Å². The Morgan fingerprint density at radius 2 is 0.969 bits per heavy atom. The normalized spacial score (nSPS) is 40.2. The average molecular weight is 460 g/mol. The SMILES string of the molecule is Cc1cc(N[C@@H]2O[C@@H](CO)[C@@H](O)[C@@H](O)[C@H]2O)c(N[C@H]2O[C@@H](CO)[C@@H](O)[C@@H](O)[C@H]2O)cc1C. The van der Waals surface area contributed by atoms with Crippen molar-refractivity contribution >= 4 is 11.4 Å². The van der Waals surface area contributed by atoms with Crippen LogP contribution in [0.2, 0.25) is 0 Å². The first-order valence-corrected chi connectivity index (χ1v) is 10.3. The number of ether oxygens (including phenoxy) is 2. The highest BCUT2D eigenvalue weighted by molar-refractivity contribution is 5.71. The van der Waals surface area contributed by atoms with Gasteiger partial charge >= 0.3 is 0 Å². The Balaban J connectivity index is 1.86. The minimum atomic E-state index is -1.56. The number of aliphatic hydroxyl groups excluding tert-OH is 8. The molecule has 1 aromatic carbocycles. The van der Waals surface area contributed by atoms with Crippen molar-refractivity contribution in [3.63, 3.8) is 0 Å². The molecule has 12 nitrogen and oxygen atoms in total. The van der Waals surface area contributed by atoms with Crippen LogP contribution >= 0.6 is 0 Å². The largest absolute Gasteiger partial charge is 0.394 e. The second-order valence-electron chi connectivity index (χ2n) is 8.27. The first-order chi connectivity index (χ1) is 15.1. The standard InChI is InChI=1S/C20H32N2O10/c1-7-3-9(21-19-17(29)15(27)13(25)11(5-23)31-19)10(4-8(7)2)22-20-18(30)16(28)14(26)12(6-24)32-20/h3-4,11-30H,5-6H2,1-2H3/t11-,12-,13+,14+,15+,16+,17+,18+,19-,20+/m0/s1. The lowest BCUT2D eigenvalue weighted by Gasteiger charge is -2.42. The van der Waals surface area contributed by atoms with E-state index in [1.54, 1.807) is 12.1 Å². The molecule has 182 valence electrons. The monoisotopic (exact) mass is 460 g/mol. The highest BCUT2D eigenvalue weighted by Gasteiger charge is 2.45. The van der Waals surface area contributed by atoms with E-state index in [-0.39, 0.29) is 0 Å². The van der Waals surface area contributed by atoms with Crippen LogP contribution in [0.3, 0.4) is 0 Å². The number of hydrogen-bond donors (Lipinski definition) is 10. The lowest BCUT2D eigenvalue weighted by Crippen LogP contribution is -2.61. The lowest BCUT2D eigenvalue weighted by atomic mass is 9.97. The minimum Gasteiger partial charge on any atom is -0.394 e. The quantitative estimate of drug-likeness (QED) is 0.203. The van der Waals surface area contributed by atoms with E-state index in [1.165, 1.54) is 0 Å². The van der Waals surface area contributed by atoms with Crippen LogP contribution < -0.4 is 10.6 Å². The van der Waals surface area contributed by atoms with E-state index in [4.69, 9.17) is 9.47 Å². The van der Waals surface area contributed by atoms with Gasteiger partial charge in [-0.25, -0.2) is 0 Å². The molecule has 0 bridgehead atoms. The molecule has 1 aromatic rings. The topological polar surface area (TPSA) is 204 Å². The van der Waals surface area contributed by atoms with E-state index in [2.05, 4.69) is 10.6 Å². The lowest BCUT2D eigenvalue weighted by molar-refractivity contribution is -0.222. The molecule has 0 aromatic heterocycles. The Kier molecular flexibility index (Phi) is 7.93. The molecule has 0 amide bonds. The summed E-state index contributed by atoms with van der Waals surface area (Å²) in [5, 5.41) is 85.3. The van der Waals surface area contributed by atoms with Crippen molar-refractivity contribution in [3.8, 4) is 0 Å². The van der Waals surface area contributed by atoms with Crippen molar-refractivity contribution in [1.29, 1.82) is 0 Å². The van der Waals surface area contributed by atoms with E-state index in [0.717, 1.165) is 11.1 Å². The Hall–Kier alpha value is -1.58. The number of benzene rings is 1. The Bertz CT molecular complexity index is 716.